The predicted octanol–water partition coefficient (Wildman–Crippen LogP) is -0.0705. The third-order valence-electron chi connectivity index (χ3n) is 4.93. The number of halogens is 2. The zero-order valence-corrected chi connectivity index (χ0v) is 18.2. The molecule has 0 aliphatic carbocycles. The maximum Gasteiger partial charge on any atom is 0.304 e. The third-order valence-corrected chi connectivity index (χ3v) is 7.55. The quantitative estimate of drug-likeness (QED) is 0.507. The van der Waals surface area contributed by atoms with Crippen molar-refractivity contribution in [3.8, 4) is 0 Å². The second-order valence-corrected chi connectivity index (χ2v) is 10.1. The van der Waals surface area contributed by atoms with Crippen molar-refractivity contribution in [1.29, 1.82) is 0 Å². The Bertz CT molecular complexity index is 1130. The number of nitrogens with two attached hydrogens (primary N) is 1. The van der Waals surface area contributed by atoms with Gasteiger partial charge < -0.3 is 14.7 Å². The van der Waals surface area contributed by atoms with E-state index in [1.54, 1.807) is 36.4 Å². The number of hydrogen-bond acceptors (Lipinski definition) is 6. The van der Waals surface area contributed by atoms with Gasteiger partial charge in [-0.25, -0.2) is 0 Å². The summed E-state index contributed by atoms with van der Waals surface area (Å²) in [5.41, 5.74) is 5.09. The molecular weight excluding hydrogens is 434 g/mol. The molecule has 12 heteroatoms. The number of carbonyl (C=O) groups excluding carboxylic acids is 1. The number of hydrogen-bond donors (Lipinski definition) is 1. The summed E-state index contributed by atoms with van der Waals surface area (Å²) in [7, 11) is 0.114. The van der Waals surface area contributed by atoms with Crippen molar-refractivity contribution < 1.29 is 22.1 Å². The van der Waals surface area contributed by atoms with Gasteiger partial charge in [0.25, 0.3) is 0 Å². The summed E-state index contributed by atoms with van der Waals surface area (Å²) in [5.74, 6) is -1.72. The second-order valence-electron chi connectivity index (χ2n) is 7.20. The van der Waals surface area contributed by atoms with Crippen LogP contribution in [0.5, 0.6) is 0 Å². The first-order valence-corrected chi connectivity index (χ1v) is 10.8. The van der Waals surface area contributed by atoms with Gasteiger partial charge in [-0.05, 0) is 23.3 Å². The standard InChI is InChI=1S/C17H16B3Cl2NO5S/c18-16(10-6-7-11(21)12(22)8-10)14(24)13(15(23)27-16)28-29(25,26)17(19,20)9-4-2-1-3-5-9/h1-8H,18-20,23H2. The van der Waals surface area contributed by atoms with Gasteiger partial charge in [-0.1, -0.05) is 59.6 Å². The van der Waals surface area contributed by atoms with Crippen molar-refractivity contribution in [2.75, 3.05) is 0 Å². The molecule has 0 saturated carbocycles. The van der Waals surface area contributed by atoms with Crippen LogP contribution in [0, 0.1) is 0 Å². The molecule has 1 aliphatic rings. The van der Waals surface area contributed by atoms with Gasteiger partial charge in [0.05, 0.1) is 14.6 Å². The predicted molar refractivity (Wildman–Crippen MR) is 119 cm³/mol. The fraction of sp³-hybridized carbons (Fsp3) is 0.118. The lowest BCUT2D eigenvalue weighted by atomic mass is 9.65. The Morgan fingerprint density at radius 2 is 1.69 bits per heavy atom. The molecule has 2 aromatic carbocycles. The third kappa shape index (κ3) is 3.65. The van der Waals surface area contributed by atoms with E-state index in [9.17, 15) is 13.2 Å². The van der Waals surface area contributed by atoms with Gasteiger partial charge in [0.1, 0.15) is 15.7 Å². The number of rotatable bonds is 5. The highest BCUT2D eigenvalue weighted by molar-refractivity contribution is 7.90. The Labute approximate surface area is 181 Å². The van der Waals surface area contributed by atoms with E-state index in [2.05, 4.69) is 0 Å². The van der Waals surface area contributed by atoms with E-state index in [1.807, 2.05) is 0 Å². The maximum absolute atomic E-state index is 13.0. The molecule has 148 valence electrons. The average Bonchev–Trinajstić information content (AvgIpc) is 2.88. The van der Waals surface area contributed by atoms with Crippen LogP contribution in [-0.2, 0) is 33.9 Å². The van der Waals surface area contributed by atoms with Crippen molar-refractivity contribution >= 4 is 62.6 Å². The molecule has 1 atom stereocenters. The average molecular weight is 450 g/mol. The summed E-state index contributed by atoms with van der Waals surface area (Å²) in [6.45, 7) is 0. The van der Waals surface area contributed by atoms with E-state index in [0.717, 1.165) is 0 Å². The molecule has 0 amide bonds. The van der Waals surface area contributed by atoms with Crippen molar-refractivity contribution in [2.45, 2.75) is 10.0 Å². The number of ketones is 1. The van der Waals surface area contributed by atoms with E-state index in [0.29, 0.717) is 16.1 Å². The molecule has 0 saturated heterocycles. The van der Waals surface area contributed by atoms with Gasteiger partial charge in [0.15, 0.2) is 13.3 Å². The summed E-state index contributed by atoms with van der Waals surface area (Å²) in [4.78, 5) is 13.0. The van der Waals surface area contributed by atoms with Crippen LogP contribution < -0.4 is 5.73 Å². The lowest BCUT2D eigenvalue weighted by molar-refractivity contribution is -0.126. The molecule has 0 bridgehead atoms. The van der Waals surface area contributed by atoms with Crippen molar-refractivity contribution in [3.05, 3.63) is 81.3 Å². The lowest BCUT2D eigenvalue weighted by Crippen LogP contribution is -2.40. The zero-order chi connectivity index (χ0) is 21.6. The number of benzene rings is 2. The fourth-order valence-electron chi connectivity index (χ4n) is 2.90. The summed E-state index contributed by atoms with van der Waals surface area (Å²) in [6, 6.07) is 13.0. The molecule has 6 nitrogen and oxygen atoms in total. The minimum absolute atomic E-state index is 0.215. The van der Waals surface area contributed by atoms with Crippen LogP contribution in [0.4, 0.5) is 0 Å². The Balaban J connectivity index is 1.95. The normalized spacial score (nSPS) is 19.9. The van der Waals surface area contributed by atoms with Crippen molar-refractivity contribution in [2.24, 2.45) is 5.73 Å². The van der Waals surface area contributed by atoms with Gasteiger partial charge in [-0.3, -0.25) is 4.79 Å². The van der Waals surface area contributed by atoms with E-state index in [1.165, 1.54) is 35.7 Å². The molecule has 3 rings (SSSR count). The molecule has 0 spiro atoms. The van der Waals surface area contributed by atoms with E-state index in [-0.39, 0.29) is 5.02 Å². The van der Waals surface area contributed by atoms with Crippen molar-refractivity contribution in [3.63, 3.8) is 0 Å². The van der Waals surface area contributed by atoms with Gasteiger partial charge in [0, 0.05) is 0 Å². The summed E-state index contributed by atoms with van der Waals surface area (Å²) < 4.78 is 35.3. The maximum atomic E-state index is 13.0. The van der Waals surface area contributed by atoms with Crippen LogP contribution in [-0.4, -0.2) is 37.7 Å². The van der Waals surface area contributed by atoms with Crippen LogP contribution in [0.2, 0.25) is 10.0 Å². The molecule has 0 fully saturated rings. The molecule has 29 heavy (non-hydrogen) atoms. The van der Waals surface area contributed by atoms with E-state index >= 15 is 0 Å². The van der Waals surface area contributed by atoms with Crippen molar-refractivity contribution in [1.82, 2.24) is 0 Å². The smallest absolute Gasteiger partial charge is 0.304 e. The van der Waals surface area contributed by atoms with Crippen LogP contribution in [0.15, 0.2) is 60.2 Å². The first kappa shape index (κ1) is 21.7. The lowest BCUT2D eigenvalue weighted by Gasteiger charge is -2.26. The largest absolute Gasteiger partial charge is 0.467 e. The Morgan fingerprint density at radius 3 is 2.28 bits per heavy atom. The highest BCUT2D eigenvalue weighted by Gasteiger charge is 2.51. The van der Waals surface area contributed by atoms with Gasteiger partial charge in [-0.2, -0.15) is 8.42 Å². The highest BCUT2D eigenvalue weighted by atomic mass is 35.5. The number of carbonyl (C=O) groups is 1. The second kappa shape index (κ2) is 7.34. The Hall–Kier alpha value is -2.03. The highest BCUT2D eigenvalue weighted by Crippen LogP contribution is 2.39. The van der Waals surface area contributed by atoms with Gasteiger partial charge in [-0.15, -0.1) is 0 Å². The molecular formula is C17H16B3Cl2NO5S. The van der Waals surface area contributed by atoms with Gasteiger partial charge in [0.2, 0.25) is 17.4 Å². The molecule has 0 aromatic heterocycles. The first-order chi connectivity index (χ1) is 13.4. The minimum atomic E-state index is -4.30. The summed E-state index contributed by atoms with van der Waals surface area (Å²) in [5, 5.41) is 0.515. The molecule has 2 N–H and O–H groups in total. The van der Waals surface area contributed by atoms with E-state index < -0.39 is 37.6 Å². The molecule has 1 heterocycles. The zero-order valence-electron chi connectivity index (χ0n) is 15.9. The summed E-state index contributed by atoms with van der Waals surface area (Å²) >= 11 is 12.0. The van der Waals surface area contributed by atoms with Gasteiger partial charge >= 0.3 is 10.1 Å². The van der Waals surface area contributed by atoms with E-state index in [4.69, 9.17) is 37.9 Å². The summed E-state index contributed by atoms with van der Waals surface area (Å²) in [6.07, 6.45) is 0. The monoisotopic (exact) mass is 449 g/mol. The number of ether oxygens (including phenoxy) is 1. The molecule has 0 radical (unpaired) electrons. The topological polar surface area (TPSA) is 95.7 Å². The fourth-order valence-corrected chi connectivity index (χ4v) is 4.21. The van der Waals surface area contributed by atoms with Crippen LogP contribution in [0.3, 0.4) is 0 Å². The van der Waals surface area contributed by atoms with Crippen LogP contribution >= 0.6 is 23.2 Å². The first-order valence-electron chi connectivity index (χ1n) is 8.59. The Morgan fingerprint density at radius 1 is 1.07 bits per heavy atom. The minimum Gasteiger partial charge on any atom is -0.467 e. The van der Waals surface area contributed by atoms with Crippen LogP contribution in [0.25, 0.3) is 0 Å². The molecule has 1 unspecified atom stereocenters. The molecule has 1 aliphatic heterocycles. The molecule has 2 aromatic rings. The Kier molecular flexibility index (Phi) is 5.49. The number of Topliss-reactive ketones (excluding diaryl/α,β-unsaturated/α-hetero) is 1. The van der Waals surface area contributed by atoms with Crippen LogP contribution in [0.1, 0.15) is 11.1 Å². The SMILES string of the molecule is BC1(c2ccc(Cl)c(Cl)c2)OC(N)=C(OS(=O)(=O)C(B)(B)c2ccccc2)C1=O.